The zero-order chi connectivity index (χ0) is 22.8. The lowest BCUT2D eigenvalue weighted by molar-refractivity contribution is 0.111. The molecule has 0 radical (unpaired) electrons. The van der Waals surface area contributed by atoms with Crippen molar-refractivity contribution >= 4 is 10.0 Å². The Morgan fingerprint density at radius 3 is 1.97 bits per heavy atom. The monoisotopic (exact) mass is 438 g/mol. The van der Waals surface area contributed by atoms with E-state index in [4.69, 9.17) is 0 Å². The Morgan fingerprint density at radius 2 is 1.57 bits per heavy atom. The first-order valence-corrected chi connectivity index (χ1v) is 12.9. The number of β-amino-alcohol motifs (C(OH)–C–C–N with tert-alkyl or cyclic N) is 1. The van der Waals surface area contributed by atoms with Gasteiger partial charge in [-0.2, -0.15) is 0 Å². The molecule has 0 aliphatic carbocycles. The number of hydrogen-bond acceptors (Lipinski definition) is 4. The third-order valence-electron chi connectivity index (χ3n) is 6.22. The molecule has 6 heteroatoms. The van der Waals surface area contributed by atoms with Gasteiger partial charge in [0, 0.05) is 25.7 Å². The van der Waals surface area contributed by atoms with Gasteiger partial charge < -0.3 is 5.11 Å². The second-order valence-electron chi connectivity index (χ2n) is 10.1. The fourth-order valence-electron chi connectivity index (χ4n) is 4.45. The van der Waals surface area contributed by atoms with Crippen molar-refractivity contribution in [2.75, 3.05) is 19.6 Å². The minimum absolute atomic E-state index is 0.0287. The molecule has 1 aromatic rings. The lowest BCUT2D eigenvalue weighted by atomic mass is 9.89. The van der Waals surface area contributed by atoms with Gasteiger partial charge in [-0.05, 0) is 53.7 Å². The fraction of sp³-hybridized carbons (Fsp3) is 0.750. The second-order valence-corrected chi connectivity index (χ2v) is 11.8. The van der Waals surface area contributed by atoms with Crippen molar-refractivity contribution < 1.29 is 13.5 Å². The van der Waals surface area contributed by atoms with Gasteiger partial charge in [-0.3, -0.25) is 4.90 Å². The molecule has 0 saturated carbocycles. The number of aliphatic hydroxyl groups is 1. The zero-order valence-corrected chi connectivity index (χ0v) is 20.9. The number of sulfonamides is 1. The van der Waals surface area contributed by atoms with Crippen LogP contribution in [0.2, 0.25) is 0 Å². The van der Waals surface area contributed by atoms with Gasteiger partial charge in [0.15, 0.2) is 0 Å². The number of nitrogens with zero attached hydrogens (tertiary/aromatic N) is 1. The third kappa shape index (κ3) is 6.06. The largest absolute Gasteiger partial charge is 0.390 e. The van der Waals surface area contributed by atoms with Gasteiger partial charge in [0.1, 0.15) is 0 Å². The molecule has 5 nitrogen and oxygen atoms in total. The summed E-state index contributed by atoms with van der Waals surface area (Å²) in [5, 5.41) is 10.5. The molecule has 2 N–H and O–H groups in total. The standard InChI is InChI=1S/C24H42N2O3S/c1-15(2)20-10-22(16(3)4)24(23(11-20)17(5)6)30(28,29)25-12-21(27)14-26-13-18(7)9-19(26)8/h10-11,15-19,21,25,27H,9,12-14H2,1-8H3. The highest BCUT2D eigenvalue weighted by atomic mass is 32.2. The van der Waals surface area contributed by atoms with Crippen molar-refractivity contribution in [1.82, 2.24) is 9.62 Å². The molecule has 0 aromatic heterocycles. The van der Waals surface area contributed by atoms with Gasteiger partial charge in [-0.15, -0.1) is 0 Å². The fourth-order valence-corrected chi connectivity index (χ4v) is 6.22. The van der Waals surface area contributed by atoms with E-state index in [0.717, 1.165) is 24.1 Å². The first-order chi connectivity index (χ1) is 13.8. The number of aliphatic hydroxyl groups excluding tert-OH is 1. The van der Waals surface area contributed by atoms with Crippen LogP contribution in [0, 0.1) is 5.92 Å². The van der Waals surface area contributed by atoms with Crippen LogP contribution in [0.25, 0.3) is 0 Å². The summed E-state index contributed by atoms with van der Waals surface area (Å²) in [6.45, 7) is 18.3. The maximum absolute atomic E-state index is 13.4. The molecule has 0 bridgehead atoms. The van der Waals surface area contributed by atoms with Crippen LogP contribution in [-0.4, -0.2) is 50.2 Å². The van der Waals surface area contributed by atoms with Crippen molar-refractivity contribution in [2.24, 2.45) is 5.92 Å². The number of rotatable bonds is 9. The van der Waals surface area contributed by atoms with Gasteiger partial charge in [-0.1, -0.05) is 60.6 Å². The molecule has 3 unspecified atom stereocenters. The van der Waals surface area contributed by atoms with Crippen LogP contribution in [0.4, 0.5) is 0 Å². The SMILES string of the molecule is CC1CC(C)N(CC(O)CNS(=O)(=O)c2c(C(C)C)cc(C(C)C)cc2C(C)C)C1. The molecule has 0 amide bonds. The van der Waals surface area contributed by atoms with E-state index in [-0.39, 0.29) is 18.4 Å². The summed E-state index contributed by atoms with van der Waals surface area (Å²) in [6, 6.07) is 4.51. The van der Waals surface area contributed by atoms with Crippen molar-refractivity contribution in [3.63, 3.8) is 0 Å². The number of likely N-dealkylation sites (tertiary alicyclic amines) is 1. The Balaban J connectivity index is 2.27. The highest BCUT2D eigenvalue weighted by molar-refractivity contribution is 7.89. The first-order valence-electron chi connectivity index (χ1n) is 11.4. The lowest BCUT2D eigenvalue weighted by Gasteiger charge is -2.25. The van der Waals surface area contributed by atoms with Crippen LogP contribution in [0.1, 0.15) is 96.3 Å². The van der Waals surface area contributed by atoms with Gasteiger partial charge in [0.05, 0.1) is 11.0 Å². The van der Waals surface area contributed by atoms with Gasteiger partial charge in [0.2, 0.25) is 10.0 Å². The Hall–Kier alpha value is -0.950. The summed E-state index contributed by atoms with van der Waals surface area (Å²) in [4.78, 5) is 2.65. The molecule has 1 fully saturated rings. The van der Waals surface area contributed by atoms with Gasteiger partial charge in [0.25, 0.3) is 0 Å². The molecule has 30 heavy (non-hydrogen) atoms. The summed E-state index contributed by atoms with van der Waals surface area (Å²) < 4.78 is 29.5. The number of benzene rings is 1. The molecular formula is C24H42N2O3S. The average Bonchev–Trinajstić information content (AvgIpc) is 2.95. The third-order valence-corrected chi connectivity index (χ3v) is 7.77. The van der Waals surface area contributed by atoms with Crippen molar-refractivity contribution in [3.05, 3.63) is 28.8 Å². The maximum atomic E-state index is 13.4. The van der Waals surface area contributed by atoms with Crippen LogP contribution in [0.3, 0.4) is 0 Å². The average molecular weight is 439 g/mol. The summed E-state index contributed by atoms with van der Waals surface area (Å²) >= 11 is 0. The number of hydrogen-bond donors (Lipinski definition) is 2. The van der Waals surface area contributed by atoms with E-state index >= 15 is 0 Å². The van der Waals surface area contributed by atoms with Crippen molar-refractivity contribution in [1.29, 1.82) is 0 Å². The first kappa shape index (κ1) is 25.3. The minimum atomic E-state index is -3.74. The van der Waals surface area contributed by atoms with E-state index in [1.807, 2.05) is 39.8 Å². The maximum Gasteiger partial charge on any atom is 0.241 e. The molecule has 172 valence electrons. The molecule has 2 rings (SSSR count). The topological polar surface area (TPSA) is 69.6 Å². The second kappa shape index (κ2) is 10.1. The number of nitrogens with one attached hydrogen (secondary N) is 1. The summed E-state index contributed by atoms with van der Waals surface area (Å²) in [5.74, 6) is 1.12. The van der Waals surface area contributed by atoms with Crippen LogP contribution in [0.15, 0.2) is 17.0 Å². The van der Waals surface area contributed by atoms with Crippen LogP contribution in [0.5, 0.6) is 0 Å². The predicted octanol–water partition coefficient (Wildman–Crippen LogP) is 4.43. The Morgan fingerprint density at radius 1 is 1.03 bits per heavy atom. The van der Waals surface area contributed by atoms with E-state index in [9.17, 15) is 13.5 Å². The van der Waals surface area contributed by atoms with E-state index in [2.05, 4.69) is 37.3 Å². The van der Waals surface area contributed by atoms with E-state index in [0.29, 0.717) is 29.3 Å². The Labute approximate surface area is 184 Å². The van der Waals surface area contributed by atoms with E-state index in [1.165, 1.54) is 5.56 Å². The molecule has 1 saturated heterocycles. The minimum Gasteiger partial charge on any atom is -0.390 e. The van der Waals surface area contributed by atoms with Crippen LogP contribution < -0.4 is 4.72 Å². The Kier molecular flexibility index (Phi) is 8.53. The zero-order valence-electron chi connectivity index (χ0n) is 20.1. The highest BCUT2D eigenvalue weighted by Gasteiger charge is 2.30. The quantitative estimate of drug-likeness (QED) is 0.598. The summed E-state index contributed by atoms with van der Waals surface area (Å²) in [7, 11) is -3.74. The molecule has 1 aromatic carbocycles. The predicted molar refractivity (Wildman–Crippen MR) is 125 cm³/mol. The normalized spacial score (nSPS) is 21.9. The Bertz CT molecular complexity index is 789. The molecule has 0 spiro atoms. The molecule has 1 heterocycles. The smallest absolute Gasteiger partial charge is 0.241 e. The van der Waals surface area contributed by atoms with Crippen molar-refractivity contribution in [3.8, 4) is 0 Å². The highest BCUT2D eigenvalue weighted by Crippen LogP contribution is 2.35. The van der Waals surface area contributed by atoms with Crippen molar-refractivity contribution in [2.45, 2.75) is 96.6 Å². The molecule has 1 aliphatic rings. The summed E-state index contributed by atoms with van der Waals surface area (Å²) in [6.07, 6.45) is 0.392. The van der Waals surface area contributed by atoms with E-state index in [1.54, 1.807) is 0 Å². The molecule has 3 atom stereocenters. The molecular weight excluding hydrogens is 396 g/mol. The lowest BCUT2D eigenvalue weighted by Crippen LogP contribution is -2.41. The summed E-state index contributed by atoms with van der Waals surface area (Å²) in [5.41, 5.74) is 2.88. The van der Waals surface area contributed by atoms with Crippen LogP contribution >= 0.6 is 0 Å². The van der Waals surface area contributed by atoms with Gasteiger partial charge >= 0.3 is 0 Å². The van der Waals surface area contributed by atoms with Crippen LogP contribution in [-0.2, 0) is 10.0 Å². The van der Waals surface area contributed by atoms with E-state index < -0.39 is 16.1 Å². The molecule has 1 aliphatic heterocycles. The van der Waals surface area contributed by atoms with Gasteiger partial charge in [-0.25, -0.2) is 13.1 Å².